The molecule has 11 heavy (non-hydrogen) atoms. The molecule has 0 aromatic carbocycles. The zero-order valence-corrected chi connectivity index (χ0v) is 7.67. The Balaban J connectivity index is 3.15. The molecule has 4 heteroatoms. The average molecular weight is 183 g/mol. The van der Waals surface area contributed by atoms with Crippen LogP contribution in [0.3, 0.4) is 0 Å². The van der Waals surface area contributed by atoms with Gasteiger partial charge < -0.3 is 14.6 Å². The van der Waals surface area contributed by atoms with Gasteiger partial charge in [0, 0.05) is 6.61 Å². The molecule has 0 aliphatic carbocycles. The van der Waals surface area contributed by atoms with Gasteiger partial charge in [-0.15, -0.1) is 0 Å². The fourth-order valence-corrected chi connectivity index (χ4v) is 0.618. The van der Waals surface area contributed by atoms with E-state index in [9.17, 15) is 0 Å². The second-order valence-corrected chi connectivity index (χ2v) is 2.80. The minimum absolute atomic E-state index is 0.227. The monoisotopic (exact) mass is 182 g/mol. The molecule has 0 fully saturated rings. The van der Waals surface area contributed by atoms with Crippen molar-refractivity contribution in [3.63, 3.8) is 0 Å². The van der Waals surface area contributed by atoms with E-state index in [1.165, 1.54) is 0 Å². The van der Waals surface area contributed by atoms with Crippen LogP contribution in [0, 0.1) is 0 Å². The van der Waals surface area contributed by atoms with Crippen molar-refractivity contribution in [2.45, 2.75) is 25.5 Å². The van der Waals surface area contributed by atoms with Gasteiger partial charge in [-0.3, -0.25) is 0 Å². The first-order valence-electron chi connectivity index (χ1n) is 3.68. The van der Waals surface area contributed by atoms with Crippen molar-refractivity contribution >= 4 is 11.6 Å². The molecule has 0 aromatic rings. The lowest BCUT2D eigenvalue weighted by Gasteiger charge is -2.11. The van der Waals surface area contributed by atoms with Crippen molar-refractivity contribution in [2.24, 2.45) is 0 Å². The number of aliphatic hydroxyl groups excluding tert-OH is 1. The quantitative estimate of drug-likeness (QED) is 0.623. The Morgan fingerprint density at radius 1 is 1.45 bits per heavy atom. The van der Waals surface area contributed by atoms with E-state index in [1.54, 1.807) is 6.92 Å². The van der Waals surface area contributed by atoms with Gasteiger partial charge >= 0.3 is 0 Å². The summed E-state index contributed by atoms with van der Waals surface area (Å²) in [6, 6.07) is 0. The van der Waals surface area contributed by atoms with Gasteiger partial charge in [0.2, 0.25) is 0 Å². The van der Waals surface area contributed by atoms with Crippen LogP contribution in [-0.4, -0.2) is 36.6 Å². The van der Waals surface area contributed by atoms with E-state index in [-0.39, 0.29) is 12.2 Å². The maximum Gasteiger partial charge on any atom is 0.128 e. The molecule has 0 rings (SSSR count). The largest absolute Gasteiger partial charge is 0.388 e. The first-order valence-corrected chi connectivity index (χ1v) is 4.12. The molecule has 0 bridgehead atoms. The second kappa shape index (κ2) is 6.85. The van der Waals surface area contributed by atoms with Crippen molar-refractivity contribution in [1.82, 2.24) is 0 Å². The lowest BCUT2D eigenvalue weighted by molar-refractivity contribution is -0.0208. The lowest BCUT2D eigenvalue weighted by Crippen LogP contribution is -2.23. The molecule has 0 amide bonds. The summed E-state index contributed by atoms with van der Waals surface area (Å²) in [6.07, 6.45) is -0.573. The molecule has 0 saturated carbocycles. The molecular weight excluding hydrogens is 168 g/mol. The first kappa shape index (κ1) is 11.2. The van der Waals surface area contributed by atoms with Crippen LogP contribution in [0.4, 0.5) is 0 Å². The Kier molecular flexibility index (Phi) is 6.96. The van der Waals surface area contributed by atoms with Crippen LogP contribution >= 0.6 is 11.6 Å². The smallest absolute Gasteiger partial charge is 0.128 e. The molecule has 2 unspecified atom stereocenters. The average Bonchev–Trinajstić information content (AvgIpc) is 1.97. The minimum atomic E-state index is -0.573. The predicted octanol–water partition coefficient (Wildman–Crippen LogP) is 0.985. The van der Waals surface area contributed by atoms with E-state index in [1.807, 2.05) is 6.92 Å². The Morgan fingerprint density at radius 3 is 2.55 bits per heavy atom. The minimum Gasteiger partial charge on any atom is -0.388 e. The van der Waals surface area contributed by atoms with Crippen molar-refractivity contribution < 1.29 is 14.6 Å². The van der Waals surface area contributed by atoms with Crippen LogP contribution in [-0.2, 0) is 9.47 Å². The van der Waals surface area contributed by atoms with E-state index < -0.39 is 6.10 Å². The standard InChI is InChI=1S/C7H15ClO3/c1-3-10-4-7(9)5-11-6(2)8/h6-7,9H,3-5H2,1-2H3. The SMILES string of the molecule is CCOCC(O)COC(C)Cl. The molecule has 0 saturated heterocycles. The van der Waals surface area contributed by atoms with Crippen molar-refractivity contribution in [2.75, 3.05) is 19.8 Å². The number of hydrogen-bond acceptors (Lipinski definition) is 3. The number of ether oxygens (including phenoxy) is 2. The molecule has 68 valence electrons. The van der Waals surface area contributed by atoms with Gasteiger partial charge in [-0.1, -0.05) is 11.6 Å². The summed E-state index contributed by atoms with van der Waals surface area (Å²) in [7, 11) is 0. The number of aliphatic hydroxyl groups is 1. The lowest BCUT2D eigenvalue weighted by atomic mass is 10.4. The van der Waals surface area contributed by atoms with Crippen molar-refractivity contribution in [3.05, 3.63) is 0 Å². The van der Waals surface area contributed by atoms with Gasteiger partial charge in [0.05, 0.1) is 13.2 Å². The van der Waals surface area contributed by atoms with E-state index in [0.717, 1.165) is 0 Å². The molecule has 0 spiro atoms. The summed E-state index contributed by atoms with van der Waals surface area (Å²) in [5.41, 5.74) is -0.355. The van der Waals surface area contributed by atoms with Gasteiger partial charge in [0.1, 0.15) is 11.7 Å². The molecule has 0 aliphatic rings. The van der Waals surface area contributed by atoms with Crippen molar-refractivity contribution in [3.8, 4) is 0 Å². The molecule has 3 nitrogen and oxygen atoms in total. The second-order valence-electron chi connectivity index (χ2n) is 2.19. The molecule has 0 radical (unpaired) electrons. The highest BCUT2D eigenvalue weighted by molar-refractivity contribution is 6.19. The summed E-state index contributed by atoms with van der Waals surface area (Å²) in [4.78, 5) is 0. The van der Waals surface area contributed by atoms with Crippen LogP contribution in [0.25, 0.3) is 0 Å². The zero-order valence-electron chi connectivity index (χ0n) is 6.92. The van der Waals surface area contributed by atoms with Crippen molar-refractivity contribution in [1.29, 1.82) is 0 Å². The van der Waals surface area contributed by atoms with Gasteiger partial charge in [0.15, 0.2) is 0 Å². The topological polar surface area (TPSA) is 38.7 Å². The summed E-state index contributed by atoms with van der Waals surface area (Å²) in [5, 5.41) is 9.12. The summed E-state index contributed by atoms with van der Waals surface area (Å²) in [5.74, 6) is 0. The molecule has 0 heterocycles. The Bertz CT molecular complexity index is 87.8. The van der Waals surface area contributed by atoms with E-state index in [2.05, 4.69) is 0 Å². The fraction of sp³-hybridized carbons (Fsp3) is 1.00. The maximum absolute atomic E-state index is 9.12. The van der Waals surface area contributed by atoms with Crippen LogP contribution in [0.1, 0.15) is 13.8 Å². The Labute approximate surface area is 72.3 Å². The van der Waals surface area contributed by atoms with E-state index in [4.69, 9.17) is 26.2 Å². The number of halogens is 1. The molecule has 0 aromatic heterocycles. The third kappa shape index (κ3) is 8.07. The first-order chi connectivity index (χ1) is 5.16. The molecule has 2 atom stereocenters. The highest BCUT2D eigenvalue weighted by atomic mass is 35.5. The Morgan fingerprint density at radius 2 is 2.09 bits per heavy atom. The summed E-state index contributed by atoms with van der Waals surface area (Å²) < 4.78 is 9.89. The third-order valence-corrected chi connectivity index (χ3v) is 1.16. The maximum atomic E-state index is 9.12. The van der Waals surface area contributed by atoms with Crippen LogP contribution < -0.4 is 0 Å². The number of hydrogen-bond donors (Lipinski definition) is 1. The van der Waals surface area contributed by atoms with Gasteiger partial charge in [-0.05, 0) is 13.8 Å². The summed E-state index contributed by atoms with van der Waals surface area (Å²) in [6.45, 7) is 4.71. The number of rotatable bonds is 6. The zero-order chi connectivity index (χ0) is 8.69. The van der Waals surface area contributed by atoms with Gasteiger partial charge in [-0.25, -0.2) is 0 Å². The molecule has 0 aliphatic heterocycles. The van der Waals surface area contributed by atoms with Crippen LogP contribution in [0.5, 0.6) is 0 Å². The van der Waals surface area contributed by atoms with Gasteiger partial charge in [-0.2, -0.15) is 0 Å². The third-order valence-electron chi connectivity index (χ3n) is 1.03. The Hall–Kier alpha value is 0.170. The van der Waals surface area contributed by atoms with Gasteiger partial charge in [0.25, 0.3) is 0 Å². The van der Waals surface area contributed by atoms with Crippen LogP contribution in [0.15, 0.2) is 0 Å². The normalized spacial score (nSPS) is 16.4. The number of alkyl halides is 1. The van der Waals surface area contributed by atoms with Crippen LogP contribution in [0.2, 0.25) is 0 Å². The summed E-state index contributed by atoms with van der Waals surface area (Å²) >= 11 is 5.48. The van der Waals surface area contributed by atoms with E-state index in [0.29, 0.717) is 13.2 Å². The highest BCUT2D eigenvalue weighted by Crippen LogP contribution is 1.97. The highest BCUT2D eigenvalue weighted by Gasteiger charge is 2.05. The fourth-order valence-electron chi connectivity index (χ4n) is 0.546. The van der Waals surface area contributed by atoms with E-state index >= 15 is 0 Å². The predicted molar refractivity (Wildman–Crippen MR) is 43.8 cm³/mol. The molecule has 1 N–H and O–H groups in total. The molecular formula is C7H15ClO3.